The number of hydrogen-bond donors (Lipinski definition) is 1. The molecule has 1 amide bonds. The van der Waals surface area contributed by atoms with Crippen LogP contribution >= 0.6 is 11.3 Å². The molecule has 1 saturated heterocycles. The van der Waals surface area contributed by atoms with Crippen LogP contribution in [0.3, 0.4) is 0 Å². The van der Waals surface area contributed by atoms with Crippen LogP contribution in [0.2, 0.25) is 0 Å². The fourth-order valence-electron chi connectivity index (χ4n) is 4.10. The molecule has 0 spiro atoms. The molecule has 2 aliphatic rings. The molecule has 2 aliphatic heterocycles. The highest BCUT2D eigenvalue weighted by Gasteiger charge is 2.41. The normalized spacial score (nSPS) is 21.5. The largest absolute Gasteiger partial charge is 0.493 e. The molecule has 7 nitrogen and oxygen atoms in total. The maximum Gasteiger partial charge on any atom is 0.243 e. The van der Waals surface area contributed by atoms with Crippen molar-refractivity contribution in [2.75, 3.05) is 25.0 Å². The van der Waals surface area contributed by atoms with Gasteiger partial charge in [0, 0.05) is 25.2 Å². The SMILES string of the molecule is C[C@H]1CN(S(=O)(=O)c2ccc3c(c2)CCO3)C[C@@H]1C(=O)Nc1ccc2scnc2c1. The number of anilines is 1. The minimum Gasteiger partial charge on any atom is -0.493 e. The molecule has 9 heteroatoms. The second kappa shape index (κ2) is 7.33. The summed E-state index contributed by atoms with van der Waals surface area (Å²) < 4.78 is 34.3. The van der Waals surface area contributed by atoms with Gasteiger partial charge in [0.15, 0.2) is 0 Å². The first-order valence-electron chi connectivity index (χ1n) is 9.82. The Kier molecular flexibility index (Phi) is 4.76. The number of ether oxygens (including phenoxy) is 1. The van der Waals surface area contributed by atoms with Gasteiger partial charge < -0.3 is 10.1 Å². The smallest absolute Gasteiger partial charge is 0.243 e. The van der Waals surface area contributed by atoms with E-state index in [1.807, 2.05) is 25.1 Å². The third-order valence-corrected chi connectivity index (χ3v) is 8.45. The minimum atomic E-state index is -3.66. The van der Waals surface area contributed by atoms with Crippen LogP contribution in [0.1, 0.15) is 12.5 Å². The zero-order valence-corrected chi connectivity index (χ0v) is 18.0. The van der Waals surface area contributed by atoms with Gasteiger partial charge in [-0.25, -0.2) is 13.4 Å². The van der Waals surface area contributed by atoms with Crippen LogP contribution < -0.4 is 10.1 Å². The Morgan fingerprint density at radius 3 is 2.97 bits per heavy atom. The van der Waals surface area contributed by atoms with Gasteiger partial charge in [-0.3, -0.25) is 4.79 Å². The van der Waals surface area contributed by atoms with Crippen molar-refractivity contribution in [1.29, 1.82) is 0 Å². The van der Waals surface area contributed by atoms with Gasteiger partial charge in [-0.05, 0) is 47.9 Å². The van der Waals surface area contributed by atoms with Crippen LogP contribution in [-0.4, -0.2) is 43.3 Å². The molecule has 0 saturated carbocycles. The molecule has 0 bridgehead atoms. The van der Waals surface area contributed by atoms with Crippen molar-refractivity contribution >= 4 is 43.2 Å². The molecule has 0 unspecified atom stereocenters. The van der Waals surface area contributed by atoms with E-state index in [1.54, 1.807) is 35.0 Å². The van der Waals surface area contributed by atoms with Crippen molar-refractivity contribution < 1.29 is 17.9 Å². The molecule has 1 fully saturated rings. The number of rotatable bonds is 4. The second-order valence-electron chi connectivity index (χ2n) is 7.80. The lowest BCUT2D eigenvalue weighted by Gasteiger charge is -2.17. The van der Waals surface area contributed by atoms with Crippen LogP contribution in [0.25, 0.3) is 10.2 Å². The number of nitrogens with one attached hydrogen (secondary N) is 1. The Balaban J connectivity index is 1.33. The topological polar surface area (TPSA) is 88.6 Å². The summed E-state index contributed by atoms with van der Waals surface area (Å²) in [6.07, 6.45) is 0.712. The lowest BCUT2D eigenvalue weighted by Crippen LogP contribution is -2.31. The van der Waals surface area contributed by atoms with Crippen LogP contribution in [0.15, 0.2) is 46.8 Å². The summed E-state index contributed by atoms with van der Waals surface area (Å²) in [7, 11) is -3.66. The third kappa shape index (κ3) is 3.36. The van der Waals surface area contributed by atoms with Crippen molar-refractivity contribution in [1.82, 2.24) is 9.29 Å². The average molecular weight is 444 g/mol. The van der Waals surface area contributed by atoms with Crippen LogP contribution in [0.5, 0.6) is 5.75 Å². The number of amides is 1. The predicted octanol–water partition coefficient (Wildman–Crippen LogP) is 3.13. The van der Waals surface area contributed by atoms with Crippen LogP contribution in [0, 0.1) is 11.8 Å². The lowest BCUT2D eigenvalue weighted by molar-refractivity contribution is -0.120. The van der Waals surface area contributed by atoms with Gasteiger partial charge in [-0.15, -0.1) is 11.3 Å². The summed E-state index contributed by atoms with van der Waals surface area (Å²) in [6, 6.07) is 10.6. The highest BCUT2D eigenvalue weighted by atomic mass is 32.2. The number of thiazole rings is 1. The number of nitrogens with zero attached hydrogens (tertiary/aromatic N) is 2. The zero-order chi connectivity index (χ0) is 20.9. The van der Waals surface area contributed by atoms with Crippen molar-refractivity contribution in [3.63, 3.8) is 0 Å². The summed E-state index contributed by atoms with van der Waals surface area (Å²) in [5, 5.41) is 2.93. The van der Waals surface area contributed by atoms with E-state index in [4.69, 9.17) is 4.74 Å². The molecule has 3 heterocycles. The van der Waals surface area contributed by atoms with E-state index in [9.17, 15) is 13.2 Å². The summed E-state index contributed by atoms with van der Waals surface area (Å²) in [4.78, 5) is 17.4. The van der Waals surface area contributed by atoms with Gasteiger partial charge in [0.2, 0.25) is 15.9 Å². The predicted molar refractivity (Wildman–Crippen MR) is 115 cm³/mol. The highest BCUT2D eigenvalue weighted by Crippen LogP contribution is 2.33. The fourth-order valence-corrected chi connectivity index (χ4v) is 6.38. The number of aromatic nitrogens is 1. The van der Waals surface area contributed by atoms with Gasteiger partial charge in [-0.2, -0.15) is 4.31 Å². The molecule has 30 heavy (non-hydrogen) atoms. The van der Waals surface area contributed by atoms with E-state index >= 15 is 0 Å². The number of fused-ring (bicyclic) bond motifs is 2. The molecule has 2 atom stereocenters. The van der Waals surface area contributed by atoms with Crippen molar-refractivity contribution in [2.45, 2.75) is 18.2 Å². The Morgan fingerprint density at radius 2 is 2.10 bits per heavy atom. The summed E-state index contributed by atoms with van der Waals surface area (Å²) in [6.45, 7) is 2.98. The van der Waals surface area contributed by atoms with Gasteiger partial charge in [0.05, 0.1) is 33.1 Å². The first-order chi connectivity index (χ1) is 14.4. The fraction of sp³-hybridized carbons (Fsp3) is 0.333. The molecule has 1 N–H and O–H groups in total. The lowest BCUT2D eigenvalue weighted by atomic mass is 9.97. The Bertz CT molecular complexity index is 1240. The van der Waals surface area contributed by atoms with Gasteiger partial charge >= 0.3 is 0 Å². The molecular formula is C21H21N3O4S2. The monoisotopic (exact) mass is 443 g/mol. The molecular weight excluding hydrogens is 422 g/mol. The maximum atomic E-state index is 13.2. The molecule has 0 radical (unpaired) electrons. The highest BCUT2D eigenvalue weighted by molar-refractivity contribution is 7.89. The number of carbonyl (C=O) groups is 1. The van der Waals surface area contributed by atoms with E-state index in [-0.39, 0.29) is 23.3 Å². The number of hydrogen-bond acceptors (Lipinski definition) is 6. The van der Waals surface area contributed by atoms with E-state index in [0.717, 1.165) is 21.5 Å². The Hall–Kier alpha value is -2.49. The van der Waals surface area contributed by atoms with Crippen LogP contribution in [0.4, 0.5) is 5.69 Å². The third-order valence-electron chi connectivity index (χ3n) is 5.81. The molecule has 5 rings (SSSR count). The molecule has 0 aliphatic carbocycles. The average Bonchev–Trinajstić information content (AvgIpc) is 3.46. The Labute approximate surface area is 178 Å². The maximum absolute atomic E-state index is 13.2. The Morgan fingerprint density at radius 1 is 1.23 bits per heavy atom. The summed E-state index contributed by atoms with van der Waals surface area (Å²) in [5.41, 5.74) is 4.19. The zero-order valence-electron chi connectivity index (χ0n) is 16.4. The van der Waals surface area contributed by atoms with E-state index in [0.29, 0.717) is 25.3 Å². The van der Waals surface area contributed by atoms with Crippen molar-refractivity contribution in [3.8, 4) is 5.75 Å². The summed E-state index contributed by atoms with van der Waals surface area (Å²) in [5.74, 6) is 0.0828. The standard InChI is InChI=1S/C21H21N3O4S2/c1-13-10-24(30(26,27)16-3-4-19-14(8-16)6-7-28-19)11-17(13)21(25)23-15-2-5-20-18(9-15)22-12-29-20/h2-5,8-9,12-13,17H,6-7,10-11H2,1H3,(H,23,25)/t13-,17-/m0/s1. The van der Waals surface area contributed by atoms with Gasteiger partial charge in [-0.1, -0.05) is 6.92 Å². The van der Waals surface area contributed by atoms with E-state index in [1.165, 1.54) is 4.31 Å². The van der Waals surface area contributed by atoms with Crippen molar-refractivity contribution in [3.05, 3.63) is 47.5 Å². The number of benzene rings is 2. The molecule has 1 aromatic heterocycles. The van der Waals surface area contributed by atoms with Crippen LogP contribution in [-0.2, 0) is 21.2 Å². The van der Waals surface area contributed by atoms with Gasteiger partial charge in [0.1, 0.15) is 5.75 Å². The first kappa shape index (κ1) is 19.5. The first-order valence-corrected chi connectivity index (χ1v) is 12.1. The second-order valence-corrected chi connectivity index (χ2v) is 10.6. The summed E-state index contributed by atoms with van der Waals surface area (Å²) >= 11 is 1.54. The number of carbonyl (C=O) groups excluding carboxylic acids is 1. The van der Waals surface area contributed by atoms with E-state index < -0.39 is 15.9 Å². The van der Waals surface area contributed by atoms with Gasteiger partial charge in [0.25, 0.3) is 0 Å². The quantitative estimate of drug-likeness (QED) is 0.669. The molecule has 2 aromatic carbocycles. The molecule has 156 valence electrons. The number of sulfonamides is 1. The van der Waals surface area contributed by atoms with Crippen molar-refractivity contribution in [2.24, 2.45) is 11.8 Å². The minimum absolute atomic E-state index is 0.0828. The van der Waals surface area contributed by atoms with E-state index in [2.05, 4.69) is 10.3 Å². The molecule has 3 aromatic rings.